The number of hydrogen-bond acceptors (Lipinski definition) is 11. The number of aromatic nitrogens is 2. The van der Waals surface area contributed by atoms with E-state index in [1.54, 1.807) is 6.07 Å². The molecular formula is C35H45N5O8S. The highest BCUT2D eigenvalue weighted by Gasteiger charge is 2.48. The van der Waals surface area contributed by atoms with Crippen molar-refractivity contribution in [1.29, 1.82) is 0 Å². The number of rotatable bonds is 15. The third-order valence-electron chi connectivity index (χ3n) is 9.99. The SMILES string of the molecule is O=C(CCCC1C2CCCN3CCCC(CN1c1ccccc1)C23)NCC(=O)OCCCCOc1no[n+]([O-])c1S(=O)(=O)c1ccccc1. The number of hydrogen-bond donors (Lipinski definition) is 1. The minimum atomic E-state index is -4.20. The van der Waals surface area contributed by atoms with Crippen LogP contribution in [0, 0.1) is 17.0 Å². The van der Waals surface area contributed by atoms with Gasteiger partial charge in [-0.2, -0.15) is 0 Å². The molecule has 4 heterocycles. The van der Waals surface area contributed by atoms with E-state index < -0.39 is 26.7 Å². The first-order valence-electron chi connectivity index (χ1n) is 17.3. The van der Waals surface area contributed by atoms with Crippen LogP contribution in [-0.4, -0.2) is 81.8 Å². The zero-order valence-electron chi connectivity index (χ0n) is 27.7. The minimum Gasteiger partial charge on any atom is -0.464 e. The van der Waals surface area contributed by atoms with Gasteiger partial charge >= 0.3 is 16.9 Å². The maximum absolute atomic E-state index is 12.8. The third-order valence-corrected chi connectivity index (χ3v) is 11.7. The zero-order chi connectivity index (χ0) is 34.2. The average Bonchev–Trinajstić information content (AvgIpc) is 3.51. The number of ether oxygens (including phenoxy) is 2. The number of piperidine rings is 3. The molecule has 4 atom stereocenters. The minimum absolute atomic E-state index is 0.0150. The Morgan fingerprint density at radius 1 is 0.980 bits per heavy atom. The van der Waals surface area contributed by atoms with Gasteiger partial charge in [-0.25, -0.2) is 8.42 Å². The Labute approximate surface area is 287 Å². The predicted octanol–water partition coefficient (Wildman–Crippen LogP) is 3.51. The van der Waals surface area contributed by atoms with Gasteiger partial charge in [-0.05, 0) is 105 Å². The second-order valence-corrected chi connectivity index (χ2v) is 15.0. The summed E-state index contributed by atoms with van der Waals surface area (Å²) < 4.78 is 40.8. The monoisotopic (exact) mass is 695 g/mol. The maximum Gasteiger partial charge on any atom is 0.414 e. The van der Waals surface area contributed by atoms with Crippen LogP contribution < -0.4 is 19.9 Å². The van der Waals surface area contributed by atoms with Crippen LogP contribution in [0.15, 0.2) is 75.2 Å². The Morgan fingerprint density at radius 3 is 2.47 bits per heavy atom. The van der Waals surface area contributed by atoms with Crippen LogP contribution >= 0.6 is 0 Å². The molecule has 49 heavy (non-hydrogen) atoms. The van der Waals surface area contributed by atoms with E-state index in [0.717, 1.165) is 19.4 Å². The van der Waals surface area contributed by atoms with Gasteiger partial charge in [-0.1, -0.05) is 36.4 Å². The van der Waals surface area contributed by atoms with Crippen molar-refractivity contribution in [2.24, 2.45) is 11.8 Å². The standard InChI is InChI=1S/C35H45N5O8S/c41-31(19-9-18-30-29-17-11-21-38-20-10-12-26(33(29)38)25-39(30)27-13-3-1-4-14-27)36-24-32(42)46-22-7-8-23-47-34-35(40(43)48-37-34)49(44,45)28-15-5-2-6-16-28/h1-6,13-16,26,29-30,33H,7-12,17-25H2,(H,36,41). The molecule has 2 aromatic carbocycles. The molecule has 1 amide bonds. The lowest BCUT2D eigenvalue weighted by Crippen LogP contribution is -2.65. The molecule has 3 fully saturated rings. The fourth-order valence-electron chi connectivity index (χ4n) is 7.86. The summed E-state index contributed by atoms with van der Waals surface area (Å²) in [5, 5.41) is 17.4. The van der Waals surface area contributed by atoms with E-state index in [0.29, 0.717) is 43.2 Å². The molecule has 6 rings (SSSR count). The number of nitrogens with one attached hydrogen (secondary N) is 1. The Balaban J connectivity index is 0.900. The first-order chi connectivity index (χ1) is 23.8. The molecule has 1 aromatic heterocycles. The number of unbranched alkanes of at least 4 members (excludes halogenated alkanes) is 1. The molecule has 14 heteroatoms. The van der Waals surface area contributed by atoms with Crippen molar-refractivity contribution >= 4 is 27.4 Å². The van der Waals surface area contributed by atoms with Crippen LogP contribution in [0.3, 0.4) is 0 Å². The van der Waals surface area contributed by atoms with E-state index in [2.05, 4.69) is 55.2 Å². The number of amides is 1. The lowest BCUT2D eigenvalue weighted by atomic mass is 9.69. The molecule has 3 aromatic rings. The first kappa shape index (κ1) is 34.7. The van der Waals surface area contributed by atoms with Crippen LogP contribution in [0.1, 0.15) is 57.8 Å². The van der Waals surface area contributed by atoms with Gasteiger partial charge in [0.1, 0.15) is 6.54 Å². The normalized spacial score (nSPS) is 22.2. The molecule has 0 bridgehead atoms. The van der Waals surface area contributed by atoms with E-state index in [-0.39, 0.29) is 35.5 Å². The molecule has 13 nitrogen and oxygen atoms in total. The molecule has 0 radical (unpaired) electrons. The second kappa shape index (κ2) is 16.0. The van der Waals surface area contributed by atoms with Crippen LogP contribution in [0.25, 0.3) is 0 Å². The Kier molecular flexibility index (Phi) is 11.3. The Bertz CT molecular complexity index is 1650. The Hall–Kier alpha value is -4.17. The number of sulfone groups is 1. The molecule has 3 aliphatic heterocycles. The highest BCUT2D eigenvalue weighted by atomic mass is 32.2. The van der Waals surface area contributed by atoms with Crippen molar-refractivity contribution in [2.45, 2.75) is 79.8 Å². The van der Waals surface area contributed by atoms with Gasteiger partial charge < -0.3 is 24.9 Å². The summed E-state index contributed by atoms with van der Waals surface area (Å²) >= 11 is 0. The van der Waals surface area contributed by atoms with Crippen LogP contribution in [0.2, 0.25) is 0 Å². The zero-order valence-corrected chi connectivity index (χ0v) is 28.5. The van der Waals surface area contributed by atoms with Crippen molar-refractivity contribution in [3.05, 3.63) is 65.9 Å². The fourth-order valence-corrected chi connectivity index (χ4v) is 9.16. The lowest BCUT2D eigenvalue weighted by molar-refractivity contribution is -0.832. The fraction of sp³-hybridized carbons (Fsp3) is 0.543. The van der Waals surface area contributed by atoms with Gasteiger partial charge in [0.2, 0.25) is 5.91 Å². The van der Waals surface area contributed by atoms with E-state index in [1.807, 2.05) is 0 Å². The molecule has 0 saturated carbocycles. The van der Waals surface area contributed by atoms with E-state index in [9.17, 15) is 23.2 Å². The highest BCUT2D eigenvalue weighted by Crippen LogP contribution is 2.44. The molecule has 264 valence electrons. The van der Waals surface area contributed by atoms with Crippen molar-refractivity contribution in [2.75, 3.05) is 44.3 Å². The lowest BCUT2D eigenvalue weighted by Gasteiger charge is -2.58. The number of carbonyl (C=O) groups is 2. The first-order valence-corrected chi connectivity index (χ1v) is 18.8. The summed E-state index contributed by atoms with van der Waals surface area (Å²) in [5.41, 5.74) is 1.27. The maximum atomic E-state index is 12.8. The molecule has 3 saturated heterocycles. The topological polar surface area (TPSA) is 158 Å². The van der Waals surface area contributed by atoms with Gasteiger partial charge in [-0.3, -0.25) is 19.1 Å². The smallest absolute Gasteiger partial charge is 0.414 e. The molecule has 0 aliphatic carbocycles. The molecule has 3 aliphatic rings. The number of esters is 1. The molecule has 1 N–H and O–H groups in total. The van der Waals surface area contributed by atoms with Gasteiger partial charge in [0, 0.05) is 30.7 Å². The number of nitrogens with zero attached hydrogens (tertiary/aromatic N) is 4. The highest BCUT2D eigenvalue weighted by molar-refractivity contribution is 7.91. The number of benzene rings is 2. The van der Waals surface area contributed by atoms with Gasteiger partial charge in [0.25, 0.3) is 9.84 Å². The van der Waals surface area contributed by atoms with E-state index >= 15 is 0 Å². The van der Waals surface area contributed by atoms with Gasteiger partial charge in [0.15, 0.2) is 0 Å². The quantitative estimate of drug-likeness (QED) is 0.141. The van der Waals surface area contributed by atoms with Crippen LogP contribution in [-0.2, 0) is 24.2 Å². The van der Waals surface area contributed by atoms with Crippen molar-refractivity contribution in [1.82, 2.24) is 15.4 Å². The number of para-hydroxylation sites is 1. The molecule has 4 unspecified atom stereocenters. The average molecular weight is 696 g/mol. The van der Waals surface area contributed by atoms with E-state index in [1.165, 1.54) is 68.7 Å². The van der Waals surface area contributed by atoms with E-state index in [4.69, 9.17) is 9.47 Å². The summed E-state index contributed by atoms with van der Waals surface area (Å²) in [7, 11) is -4.20. The van der Waals surface area contributed by atoms with Crippen molar-refractivity contribution in [3.63, 3.8) is 0 Å². The largest absolute Gasteiger partial charge is 0.464 e. The van der Waals surface area contributed by atoms with Crippen LogP contribution in [0.4, 0.5) is 5.69 Å². The Morgan fingerprint density at radius 2 is 1.69 bits per heavy atom. The molecule has 0 spiro atoms. The van der Waals surface area contributed by atoms with Gasteiger partial charge in [-0.15, -0.1) is 0 Å². The number of anilines is 1. The third kappa shape index (κ3) is 8.18. The summed E-state index contributed by atoms with van der Waals surface area (Å²) in [5.74, 6) is 0.141. The summed E-state index contributed by atoms with van der Waals surface area (Å²) in [6.45, 7) is 3.37. The molecular weight excluding hydrogens is 650 g/mol. The number of carbonyl (C=O) groups excluding carboxylic acids is 2. The second-order valence-electron chi connectivity index (χ2n) is 13.1. The van der Waals surface area contributed by atoms with Crippen molar-refractivity contribution in [3.8, 4) is 5.88 Å². The predicted molar refractivity (Wildman–Crippen MR) is 178 cm³/mol. The van der Waals surface area contributed by atoms with Crippen LogP contribution in [0.5, 0.6) is 5.88 Å². The summed E-state index contributed by atoms with van der Waals surface area (Å²) in [6, 6.07) is 19.1. The van der Waals surface area contributed by atoms with Gasteiger partial charge in [0.05, 0.1) is 23.3 Å². The summed E-state index contributed by atoms with van der Waals surface area (Å²) in [4.78, 5) is 30.0. The van der Waals surface area contributed by atoms with Crippen molar-refractivity contribution < 1.29 is 37.0 Å². The summed E-state index contributed by atoms with van der Waals surface area (Å²) in [6.07, 6.45) is 7.84.